The van der Waals surface area contributed by atoms with E-state index in [2.05, 4.69) is 32.6 Å². The zero-order valence-corrected chi connectivity index (χ0v) is 21.4. The van der Waals surface area contributed by atoms with Gasteiger partial charge in [-0.1, -0.05) is 46.3 Å². The first kappa shape index (κ1) is 25.1. The molecule has 4 rings (SSSR count). The molecule has 2 aliphatic rings. The van der Waals surface area contributed by atoms with Crippen LogP contribution in [0.3, 0.4) is 0 Å². The van der Waals surface area contributed by atoms with E-state index in [0.29, 0.717) is 12.0 Å². The predicted molar refractivity (Wildman–Crippen MR) is 142 cm³/mol. The van der Waals surface area contributed by atoms with Gasteiger partial charge in [0.15, 0.2) is 11.2 Å². The molecule has 0 aliphatic carbocycles. The third kappa shape index (κ3) is 5.30. The molecule has 1 atom stereocenters. The fourth-order valence-electron chi connectivity index (χ4n) is 3.81. The minimum atomic E-state index is -0.349. The number of hydrogen-bond acceptors (Lipinski definition) is 10. The Balaban J connectivity index is 1.36. The Kier molecular flexibility index (Phi) is 8.11. The van der Waals surface area contributed by atoms with Crippen LogP contribution in [0, 0.1) is 0 Å². The van der Waals surface area contributed by atoms with Gasteiger partial charge in [-0.3, -0.25) is 9.69 Å². The van der Waals surface area contributed by atoms with E-state index < -0.39 is 0 Å². The molecule has 0 saturated carbocycles. The van der Waals surface area contributed by atoms with Crippen LogP contribution in [0.1, 0.15) is 24.5 Å². The summed E-state index contributed by atoms with van der Waals surface area (Å²) in [5.74, 6) is 0.467. The molecule has 11 heteroatoms. The summed E-state index contributed by atoms with van der Waals surface area (Å²) in [6, 6.07) is 15.2. The number of oxime groups is 2. The van der Waals surface area contributed by atoms with Crippen LogP contribution in [0.15, 0.2) is 74.5 Å². The second kappa shape index (κ2) is 11.6. The van der Waals surface area contributed by atoms with Crippen LogP contribution in [0.2, 0.25) is 0 Å². The van der Waals surface area contributed by atoms with Crippen molar-refractivity contribution in [3.63, 3.8) is 0 Å². The van der Waals surface area contributed by atoms with E-state index in [1.807, 2.05) is 53.8 Å². The summed E-state index contributed by atoms with van der Waals surface area (Å²) >= 11 is 1.74. The minimum absolute atomic E-state index is 0.0257. The number of likely N-dealkylation sites (N-methyl/N-ethyl adjacent to an activating group) is 1. The van der Waals surface area contributed by atoms with E-state index in [-0.39, 0.29) is 23.7 Å². The summed E-state index contributed by atoms with van der Waals surface area (Å²) < 4.78 is 5.26. The van der Waals surface area contributed by atoms with Gasteiger partial charge >= 0.3 is 0 Å². The molecular weight excluding hydrogens is 480 g/mol. The van der Waals surface area contributed by atoms with Gasteiger partial charge in [-0.15, -0.1) is 0 Å². The van der Waals surface area contributed by atoms with Gasteiger partial charge in [-0.05, 0) is 31.2 Å². The predicted octanol–water partition coefficient (Wildman–Crippen LogP) is 3.71. The molecule has 0 spiro atoms. The largest absolute Gasteiger partial charge is 0.497 e. The van der Waals surface area contributed by atoms with Crippen molar-refractivity contribution in [2.24, 2.45) is 15.4 Å². The van der Waals surface area contributed by atoms with Gasteiger partial charge in [-0.25, -0.2) is 5.01 Å². The van der Waals surface area contributed by atoms with Crippen LogP contribution in [0.25, 0.3) is 0 Å². The number of methoxy groups -OCH3 is 1. The number of anilines is 1. The molecular formula is C25H28N6O4S. The first-order chi connectivity index (χ1) is 17.6. The number of hydrogen-bond donors (Lipinski definition) is 1. The van der Waals surface area contributed by atoms with Crippen LogP contribution in [0.5, 0.6) is 5.75 Å². The van der Waals surface area contributed by atoms with Gasteiger partial charge in [0.25, 0.3) is 5.91 Å². The molecule has 2 aliphatic heterocycles. The van der Waals surface area contributed by atoms with Gasteiger partial charge in [0.2, 0.25) is 0 Å². The summed E-state index contributed by atoms with van der Waals surface area (Å²) in [7, 11) is 4.60. The Morgan fingerprint density at radius 2 is 1.97 bits per heavy atom. The fraction of sp³-hybridized carbons (Fsp3) is 0.280. The van der Waals surface area contributed by atoms with Crippen molar-refractivity contribution in [2.75, 3.05) is 26.2 Å². The van der Waals surface area contributed by atoms with Gasteiger partial charge in [-0.2, -0.15) is 5.10 Å². The van der Waals surface area contributed by atoms with Crippen LogP contribution in [-0.4, -0.2) is 55.9 Å². The Morgan fingerprint density at radius 3 is 2.69 bits per heavy atom. The molecule has 2 aromatic rings. The molecule has 2 heterocycles. The number of nitrogens with zero attached hydrogens (tertiary/aromatic N) is 5. The minimum Gasteiger partial charge on any atom is -0.497 e. The molecule has 2 aromatic carbocycles. The SMILES string of the molecule is CNC(=O)C(=NOC)c1ccccc1CON=CCC1=C(C)SC2N1N=CN2c1ccc(OC)cc1. The number of carbonyl (C=O) groups excluding carboxylic acids is 1. The van der Waals surface area contributed by atoms with Crippen LogP contribution >= 0.6 is 11.8 Å². The highest BCUT2D eigenvalue weighted by Crippen LogP contribution is 2.44. The van der Waals surface area contributed by atoms with E-state index in [1.165, 1.54) is 12.0 Å². The summed E-state index contributed by atoms with van der Waals surface area (Å²) in [4.78, 5) is 25.9. The molecule has 36 heavy (non-hydrogen) atoms. The molecule has 188 valence electrons. The lowest BCUT2D eigenvalue weighted by molar-refractivity contribution is -0.114. The maximum atomic E-state index is 12.2. The highest BCUT2D eigenvalue weighted by atomic mass is 32.2. The number of benzene rings is 2. The van der Waals surface area contributed by atoms with Gasteiger partial charge < -0.3 is 19.7 Å². The fourth-order valence-corrected chi connectivity index (χ4v) is 5.01. The Hall–Kier alpha value is -3.99. The Bertz CT molecular complexity index is 1210. The van der Waals surface area contributed by atoms with Crippen LogP contribution < -0.4 is 15.0 Å². The van der Waals surface area contributed by atoms with E-state index in [4.69, 9.17) is 14.4 Å². The normalized spacial score (nSPS) is 17.1. The number of hydrazone groups is 1. The maximum Gasteiger partial charge on any atom is 0.273 e. The average Bonchev–Trinajstić information content (AvgIpc) is 3.45. The summed E-state index contributed by atoms with van der Waals surface area (Å²) in [6.45, 7) is 2.26. The molecule has 1 N–H and O–H groups in total. The van der Waals surface area contributed by atoms with Gasteiger partial charge in [0.1, 0.15) is 25.8 Å². The van der Waals surface area contributed by atoms with Crippen molar-refractivity contribution in [1.82, 2.24) is 10.3 Å². The van der Waals surface area contributed by atoms with E-state index in [1.54, 1.807) is 38.2 Å². The Morgan fingerprint density at radius 1 is 1.19 bits per heavy atom. The number of thioether (sulfide) groups is 1. The first-order valence-electron chi connectivity index (χ1n) is 11.2. The summed E-state index contributed by atoms with van der Waals surface area (Å²) in [6.07, 6.45) is 4.13. The summed E-state index contributed by atoms with van der Waals surface area (Å²) in [5, 5.41) is 17.2. The monoisotopic (exact) mass is 508 g/mol. The highest BCUT2D eigenvalue weighted by Gasteiger charge is 2.38. The number of carbonyl (C=O) groups is 1. The standard InChI is InChI=1S/C25H28N6O4S/c1-17-22(31-25(36-17)30(16-27-31)19-9-11-20(33-3)12-10-19)13-14-28-35-15-18-7-5-6-8-21(18)23(29-34-4)24(32)26-2/h5-12,14,16,25H,13,15H2,1-4H3,(H,26,32). The number of nitrogens with one attached hydrogen (secondary N) is 1. The lowest BCUT2D eigenvalue weighted by Gasteiger charge is -2.25. The second-order valence-corrected chi connectivity index (χ2v) is 9.02. The molecule has 1 amide bonds. The molecule has 10 nitrogen and oxygen atoms in total. The van der Waals surface area contributed by atoms with Crippen molar-refractivity contribution in [1.29, 1.82) is 0 Å². The van der Waals surface area contributed by atoms with Crippen molar-refractivity contribution < 1.29 is 19.2 Å². The second-order valence-electron chi connectivity index (χ2n) is 7.75. The molecule has 0 fully saturated rings. The number of ether oxygens (including phenoxy) is 1. The van der Waals surface area contributed by atoms with E-state index >= 15 is 0 Å². The van der Waals surface area contributed by atoms with Gasteiger partial charge in [0.05, 0.1) is 12.8 Å². The number of fused-ring (bicyclic) bond motifs is 1. The van der Waals surface area contributed by atoms with Crippen molar-refractivity contribution in [3.8, 4) is 5.75 Å². The highest BCUT2D eigenvalue weighted by molar-refractivity contribution is 8.04. The van der Waals surface area contributed by atoms with Crippen molar-refractivity contribution in [2.45, 2.75) is 25.4 Å². The van der Waals surface area contributed by atoms with E-state index in [0.717, 1.165) is 22.7 Å². The number of allylic oxidation sites excluding steroid dienone is 2. The first-order valence-corrected chi connectivity index (χ1v) is 12.1. The topological polar surface area (TPSA) is 100 Å². The van der Waals surface area contributed by atoms with Crippen molar-refractivity contribution >= 4 is 41.6 Å². The number of rotatable bonds is 10. The smallest absolute Gasteiger partial charge is 0.273 e. The zero-order valence-electron chi connectivity index (χ0n) is 20.5. The van der Waals surface area contributed by atoms with Crippen LogP contribution in [0.4, 0.5) is 5.69 Å². The van der Waals surface area contributed by atoms with Crippen LogP contribution in [-0.2, 0) is 21.1 Å². The lowest BCUT2D eigenvalue weighted by Crippen LogP contribution is -2.33. The maximum absolute atomic E-state index is 12.2. The van der Waals surface area contributed by atoms with Gasteiger partial charge in [0, 0.05) is 41.4 Å². The van der Waals surface area contributed by atoms with Crippen molar-refractivity contribution in [3.05, 3.63) is 70.3 Å². The molecule has 0 aromatic heterocycles. The molecule has 0 bridgehead atoms. The molecule has 1 unspecified atom stereocenters. The van der Waals surface area contributed by atoms with E-state index in [9.17, 15) is 4.79 Å². The Labute approximate surface area is 214 Å². The lowest BCUT2D eigenvalue weighted by atomic mass is 10.0. The third-order valence-corrected chi connectivity index (χ3v) is 6.86. The number of amides is 1. The molecule has 0 saturated heterocycles. The third-order valence-electron chi connectivity index (χ3n) is 5.63. The average molecular weight is 509 g/mol. The zero-order chi connectivity index (χ0) is 25.5. The summed E-state index contributed by atoms with van der Waals surface area (Å²) in [5.41, 5.74) is 3.69. The molecule has 0 radical (unpaired) electrons. The quantitative estimate of drug-likeness (QED) is 0.386.